The predicted octanol–water partition coefficient (Wildman–Crippen LogP) is 5.76. The Balaban J connectivity index is 1.39. The van der Waals surface area contributed by atoms with Crippen LogP contribution in [0.15, 0.2) is 36.0 Å². The van der Waals surface area contributed by atoms with E-state index >= 15 is 0 Å². The van der Waals surface area contributed by atoms with Gasteiger partial charge in [0.15, 0.2) is 0 Å². The van der Waals surface area contributed by atoms with Crippen LogP contribution < -0.4 is 5.32 Å². The molecular formula is C23H23FN4OS2. The second kappa shape index (κ2) is 7.48. The van der Waals surface area contributed by atoms with Gasteiger partial charge in [0.05, 0.1) is 39.2 Å². The minimum absolute atomic E-state index is 0.102. The maximum absolute atomic E-state index is 14.7. The quantitative estimate of drug-likeness (QED) is 0.425. The van der Waals surface area contributed by atoms with Gasteiger partial charge < -0.3 is 10.1 Å². The van der Waals surface area contributed by atoms with Crippen LogP contribution in [0.5, 0.6) is 0 Å². The Morgan fingerprint density at radius 2 is 2.23 bits per heavy atom. The molecule has 160 valence electrons. The van der Waals surface area contributed by atoms with E-state index in [9.17, 15) is 4.39 Å². The highest BCUT2D eigenvalue weighted by atomic mass is 32.1. The Morgan fingerprint density at radius 3 is 3.06 bits per heavy atom. The van der Waals surface area contributed by atoms with E-state index in [1.54, 1.807) is 35.2 Å². The molecule has 5 heterocycles. The Hall–Kier alpha value is -2.13. The number of aromatic nitrogens is 2. The molecule has 2 fully saturated rings. The number of nitrogens with one attached hydrogen (secondary N) is 1. The minimum Gasteiger partial charge on any atom is -0.379 e. The van der Waals surface area contributed by atoms with Crippen molar-refractivity contribution in [2.24, 2.45) is 0 Å². The molecule has 2 unspecified atom stereocenters. The van der Waals surface area contributed by atoms with Crippen LogP contribution in [0.2, 0.25) is 0 Å². The van der Waals surface area contributed by atoms with Crippen molar-refractivity contribution in [1.29, 1.82) is 0 Å². The topological polar surface area (TPSA) is 50.3 Å². The molecule has 8 heteroatoms. The van der Waals surface area contributed by atoms with Gasteiger partial charge in [0.25, 0.3) is 0 Å². The second-order valence-corrected chi connectivity index (χ2v) is 10.3. The first-order chi connectivity index (χ1) is 15.2. The molecule has 0 radical (unpaired) electrons. The molecule has 6 rings (SSSR count). The molecular weight excluding hydrogens is 431 g/mol. The summed E-state index contributed by atoms with van der Waals surface area (Å²) < 4.78 is 21.4. The smallest absolute Gasteiger partial charge is 0.148 e. The van der Waals surface area contributed by atoms with Crippen molar-refractivity contribution in [2.45, 2.75) is 31.2 Å². The molecule has 3 aromatic heterocycles. The van der Waals surface area contributed by atoms with Gasteiger partial charge in [-0.1, -0.05) is 6.92 Å². The normalized spacial score (nSPS) is 24.1. The summed E-state index contributed by atoms with van der Waals surface area (Å²) in [6.07, 6.45) is 4.02. The van der Waals surface area contributed by atoms with Gasteiger partial charge in [0, 0.05) is 29.0 Å². The first-order valence-electron chi connectivity index (χ1n) is 10.7. The lowest BCUT2D eigenvalue weighted by Crippen LogP contribution is -2.47. The Morgan fingerprint density at radius 1 is 1.29 bits per heavy atom. The number of rotatable bonds is 4. The first-order valence-corrected chi connectivity index (χ1v) is 12.4. The highest BCUT2D eigenvalue weighted by molar-refractivity contribution is 7.18. The van der Waals surface area contributed by atoms with Crippen molar-refractivity contribution in [3.63, 3.8) is 0 Å². The average Bonchev–Trinajstić information content (AvgIpc) is 3.55. The zero-order chi connectivity index (χ0) is 21.0. The number of thiophene rings is 1. The van der Waals surface area contributed by atoms with Crippen LogP contribution in [0, 0.1) is 5.82 Å². The van der Waals surface area contributed by atoms with Gasteiger partial charge in [0.1, 0.15) is 10.6 Å². The number of ether oxygens (including phenoxy) is 1. The largest absolute Gasteiger partial charge is 0.379 e. The van der Waals surface area contributed by atoms with Crippen molar-refractivity contribution in [1.82, 2.24) is 14.9 Å². The fraction of sp³-hybridized carbons (Fsp3) is 0.391. The highest BCUT2D eigenvalue weighted by Gasteiger charge is 2.51. The molecule has 2 saturated heterocycles. The molecule has 2 atom stereocenters. The maximum atomic E-state index is 14.7. The molecule has 2 aliphatic rings. The van der Waals surface area contributed by atoms with Gasteiger partial charge >= 0.3 is 0 Å². The lowest BCUT2D eigenvalue weighted by Gasteiger charge is -2.37. The summed E-state index contributed by atoms with van der Waals surface area (Å²) in [5.74, 6) is 0.179. The summed E-state index contributed by atoms with van der Waals surface area (Å²) in [5, 5.41) is 4.35. The number of fused-ring (bicyclic) bond motifs is 2. The molecule has 1 N–H and O–H groups in total. The highest BCUT2D eigenvalue weighted by Crippen LogP contribution is 2.50. The number of likely N-dealkylation sites (N-methyl/N-ethyl adjacent to an activating group) is 1. The number of halogens is 1. The third kappa shape index (κ3) is 3.08. The van der Waals surface area contributed by atoms with Crippen LogP contribution in [0.25, 0.3) is 20.4 Å². The van der Waals surface area contributed by atoms with Gasteiger partial charge in [0.2, 0.25) is 0 Å². The van der Waals surface area contributed by atoms with Crippen molar-refractivity contribution in [2.75, 3.05) is 31.6 Å². The van der Waals surface area contributed by atoms with Gasteiger partial charge in [-0.05, 0) is 50.2 Å². The summed E-state index contributed by atoms with van der Waals surface area (Å²) in [7, 11) is 0. The lowest BCUT2D eigenvalue weighted by atomic mass is 9.82. The fourth-order valence-electron chi connectivity index (χ4n) is 5.33. The fourth-order valence-corrected chi connectivity index (χ4v) is 7.29. The standard InChI is InChI=1S/C23H23FN4OS2/c1-2-28-7-4-15(23(28)5-8-29-12-23)20-9-14-17(3-6-25-22(14)31-20)27-18-11-19-21(10-16(18)24)30-13-26-19/h3,6,9-11,13,15H,2,4-5,7-8,12H2,1H3,(H,25,27). The molecule has 0 bridgehead atoms. The van der Waals surface area contributed by atoms with Gasteiger partial charge in [-0.15, -0.1) is 22.7 Å². The number of hydrogen-bond acceptors (Lipinski definition) is 7. The Kier molecular flexibility index (Phi) is 4.72. The molecule has 31 heavy (non-hydrogen) atoms. The molecule has 0 amide bonds. The van der Waals surface area contributed by atoms with Gasteiger partial charge in [-0.2, -0.15) is 0 Å². The van der Waals surface area contributed by atoms with Crippen LogP contribution in [-0.2, 0) is 4.74 Å². The van der Waals surface area contributed by atoms with E-state index in [-0.39, 0.29) is 11.4 Å². The summed E-state index contributed by atoms with van der Waals surface area (Å²) in [6, 6.07) is 7.51. The van der Waals surface area contributed by atoms with Crippen LogP contribution in [-0.4, -0.2) is 46.7 Å². The van der Waals surface area contributed by atoms with Gasteiger partial charge in [-0.3, -0.25) is 4.90 Å². The van der Waals surface area contributed by atoms with Crippen molar-refractivity contribution < 1.29 is 9.13 Å². The summed E-state index contributed by atoms with van der Waals surface area (Å²) in [5.41, 5.74) is 3.97. The van der Waals surface area contributed by atoms with Crippen LogP contribution in [0.3, 0.4) is 0 Å². The third-order valence-electron chi connectivity index (χ3n) is 6.87. The van der Waals surface area contributed by atoms with Crippen LogP contribution in [0.1, 0.15) is 30.6 Å². The van der Waals surface area contributed by atoms with Crippen molar-refractivity contribution >= 4 is 54.5 Å². The molecule has 0 aliphatic carbocycles. The van der Waals surface area contributed by atoms with E-state index < -0.39 is 0 Å². The Labute approximate surface area is 187 Å². The van der Waals surface area contributed by atoms with Gasteiger partial charge in [-0.25, -0.2) is 14.4 Å². The molecule has 1 aromatic carbocycles. The SMILES string of the molecule is CCN1CCC(c2cc3c(Nc4cc5ncsc5cc4F)ccnc3s2)C12CCOC2. The molecule has 2 aliphatic heterocycles. The predicted molar refractivity (Wildman–Crippen MR) is 125 cm³/mol. The lowest BCUT2D eigenvalue weighted by molar-refractivity contribution is 0.0963. The minimum atomic E-state index is -0.270. The van der Waals surface area contributed by atoms with E-state index in [0.717, 1.165) is 65.3 Å². The van der Waals surface area contributed by atoms with Crippen molar-refractivity contribution in [3.8, 4) is 0 Å². The monoisotopic (exact) mass is 454 g/mol. The molecule has 4 aromatic rings. The zero-order valence-corrected chi connectivity index (χ0v) is 18.9. The number of thiazole rings is 1. The zero-order valence-electron chi connectivity index (χ0n) is 17.2. The summed E-state index contributed by atoms with van der Waals surface area (Å²) in [4.78, 5) is 13.9. The molecule has 0 saturated carbocycles. The van der Waals surface area contributed by atoms with Crippen LogP contribution in [0.4, 0.5) is 15.8 Å². The number of nitrogens with zero attached hydrogens (tertiary/aromatic N) is 3. The number of hydrogen-bond donors (Lipinski definition) is 1. The van der Waals surface area contributed by atoms with E-state index in [4.69, 9.17) is 4.74 Å². The van der Waals surface area contributed by atoms with Crippen molar-refractivity contribution in [3.05, 3.63) is 46.7 Å². The molecule has 1 spiro atoms. The van der Waals surface area contributed by atoms with Crippen LogP contribution >= 0.6 is 22.7 Å². The Bertz CT molecular complexity index is 1260. The third-order valence-corrected chi connectivity index (χ3v) is 8.82. The second-order valence-electron chi connectivity index (χ2n) is 8.33. The van der Waals surface area contributed by atoms with E-state index in [0.29, 0.717) is 11.6 Å². The molecule has 5 nitrogen and oxygen atoms in total. The average molecular weight is 455 g/mol. The number of benzene rings is 1. The first kappa shape index (κ1) is 19.5. The van der Waals surface area contributed by atoms with E-state index in [1.807, 2.05) is 6.07 Å². The number of likely N-dealkylation sites (tertiary alicyclic amines) is 1. The number of pyridine rings is 1. The van der Waals surface area contributed by atoms with E-state index in [2.05, 4.69) is 33.2 Å². The van der Waals surface area contributed by atoms with E-state index in [1.165, 1.54) is 16.2 Å². The summed E-state index contributed by atoms with van der Waals surface area (Å²) in [6.45, 7) is 6.04. The number of anilines is 2. The summed E-state index contributed by atoms with van der Waals surface area (Å²) >= 11 is 3.21. The maximum Gasteiger partial charge on any atom is 0.148 e.